The van der Waals surface area contributed by atoms with Gasteiger partial charge in [0, 0.05) is 29.2 Å². The Hall–Kier alpha value is -3.06. The van der Waals surface area contributed by atoms with Crippen LogP contribution in [0.2, 0.25) is 0 Å². The number of rotatable bonds is 5. The fraction of sp³-hybridized carbons (Fsp3) is 0.263. The highest BCUT2D eigenvalue weighted by Crippen LogP contribution is 2.36. The van der Waals surface area contributed by atoms with Crippen molar-refractivity contribution in [1.29, 1.82) is 0 Å². The quantitative estimate of drug-likeness (QED) is 0.597. The molecular formula is C19H20N4O3. The molecule has 3 aromatic heterocycles. The summed E-state index contributed by atoms with van der Waals surface area (Å²) in [5.74, 6) is 2.57. The third-order valence-electron chi connectivity index (χ3n) is 4.65. The van der Waals surface area contributed by atoms with Gasteiger partial charge in [0.2, 0.25) is 5.82 Å². The maximum atomic E-state index is 9.46. The molecule has 0 fully saturated rings. The fourth-order valence-corrected chi connectivity index (χ4v) is 3.25. The third kappa shape index (κ3) is 2.48. The van der Waals surface area contributed by atoms with E-state index in [9.17, 15) is 5.11 Å². The van der Waals surface area contributed by atoms with Gasteiger partial charge >= 0.3 is 0 Å². The molecule has 7 nitrogen and oxygen atoms in total. The van der Waals surface area contributed by atoms with Crippen molar-refractivity contribution in [3.05, 3.63) is 42.3 Å². The average molecular weight is 352 g/mol. The number of nitrogens with zero attached hydrogens (tertiary/aromatic N) is 4. The maximum Gasteiger partial charge on any atom is 0.217 e. The summed E-state index contributed by atoms with van der Waals surface area (Å²) in [4.78, 5) is 4.71. The number of aryl methyl sites for hydroxylation is 1. The number of aliphatic hydroxyl groups is 1. The summed E-state index contributed by atoms with van der Waals surface area (Å²) in [6, 6.07) is 9.60. The topological polar surface area (TPSA) is 78.2 Å². The summed E-state index contributed by atoms with van der Waals surface area (Å²) in [5, 5.41) is 15.0. The zero-order valence-corrected chi connectivity index (χ0v) is 14.9. The van der Waals surface area contributed by atoms with E-state index in [1.165, 1.54) is 0 Å². The van der Waals surface area contributed by atoms with Gasteiger partial charge in [0.05, 0.1) is 26.5 Å². The van der Waals surface area contributed by atoms with Crippen molar-refractivity contribution < 1.29 is 14.3 Å². The number of methoxy groups -OCH3 is 1. The molecular weight excluding hydrogens is 332 g/mol. The molecule has 26 heavy (non-hydrogen) atoms. The molecule has 0 bridgehead atoms. The second-order valence-electron chi connectivity index (χ2n) is 6.09. The summed E-state index contributed by atoms with van der Waals surface area (Å²) in [6.45, 7) is 2.37. The van der Waals surface area contributed by atoms with Gasteiger partial charge < -0.3 is 18.8 Å². The molecule has 4 aromatic rings. The zero-order chi connectivity index (χ0) is 18.3. The standard InChI is InChI=1S/C19H20N4O3/c1-12-17(14-11-13(25-3)6-7-15(14)22(12)2)19-20-18(16-5-4-10-26-16)21-23(19)8-9-24/h4-7,10-11,24H,8-9H2,1-3H3. The predicted molar refractivity (Wildman–Crippen MR) is 98.0 cm³/mol. The normalized spacial score (nSPS) is 11.4. The smallest absolute Gasteiger partial charge is 0.217 e. The number of benzene rings is 1. The Balaban J connectivity index is 1.98. The molecule has 1 aromatic carbocycles. The second-order valence-corrected chi connectivity index (χ2v) is 6.09. The predicted octanol–water partition coefficient (Wildman–Crippen LogP) is 3.01. The van der Waals surface area contributed by atoms with Crippen molar-refractivity contribution >= 4 is 10.9 Å². The van der Waals surface area contributed by atoms with E-state index in [0.29, 0.717) is 24.0 Å². The molecule has 0 unspecified atom stereocenters. The number of ether oxygens (including phenoxy) is 1. The van der Waals surface area contributed by atoms with Gasteiger partial charge in [-0.15, -0.1) is 5.10 Å². The van der Waals surface area contributed by atoms with E-state index in [-0.39, 0.29) is 6.61 Å². The van der Waals surface area contributed by atoms with E-state index in [2.05, 4.69) is 9.67 Å². The summed E-state index contributed by atoms with van der Waals surface area (Å²) in [7, 11) is 3.67. The number of aliphatic hydroxyl groups excluding tert-OH is 1. The van der Waals surface area contributed by atoms with Gasteiger partial charge in [-0.25, -0.2) is 9.67 Å². The van der Waals surface area contributed by atoms with Crippen LogP contribution in [0.1, 0.15) is 5.69 Å². The molecule has 1 N–H and O–H groups in total. The van der Waals surface area contributed by atoms with E-state index in [1.807, 2.05) is 38.2 Å². The lowest BCUT2D eigenvalue weighted by atomic mass is 10.1. The van der Waals surface area contributed by atoms with Gasteiger partial charge in [-0.3, -0.25) is 0 Å². The second kappa shape index (κ2) is 6.34. The molecule has 134 valence electrons. The first-order chi connectivity index (χ1) is 12.6. The Morgan fingerprint density at radius 1 is 1.27 bits per heavy atom. The fourth-order valence-electron chi connectivity index (χ4n) is 3.25. The lowest BCUT2D eigenvalue weighted by molar-refractivity contribution is 0.270. The molecule has 0 saturated heterocycles. The lowest BCUT2D eigenvalue weighted by Gasteiger charge is -2.05. The molecule has 0 aliphatic carbocycles. The van der Waals surface area contributed by atoms with Crippen molar-refractivity contribution in [1.82, 2.24) is 19.3 Å². The lowest BCUT2D eigenvalue weighted by Crippen LogP contribution is -2.06. The molecule has 0 aliphatic heterocycles. The van der Waals surface area contributed by atoms with Crippen molar-refractivity contribution in [3.8, 4) is 28.7 Å². The number of furan rings is 1. The van der Waals surface area contributed by atoms with E-state index >= 15 is 0 Å². The van der Waals surface area contributed by atoms with Crippen LogP contribution in [0.5, 0.6) is 5.75 Å². The summed E-state index contributed by atoms with van der Waals surface area (Å²) in [6.07, 6.45) is 1.59. The molecule has 7 heteroatoms. The monoisotopic (exact) mass is 352 g/mol. The summed E-state index contributed by atoms with van der Waals surface area (Å²) >= 11 is 0. The van der Waals surface area contributed by atoms with Crippen LogP contribution < -0.4 is 4.74 Å². The van der Waals surface area contributed by atoms with Crippen LogP contribution in [0, 0.1) is 6.92 Å². The van der Waals surface area contributed by atoms with Gasteiger partial charge in [0.1, 0.15) is 5.75 Å². The molecule has 3 heterocycles. The van der Waals surface area contributed by atoms with Gasteiger partial charge in [0.15, 0.2) is 11.6 Å². The van der Waals surface area contributed by atoms with E-state index < -0.39 is 0 Å². The first kappa shape index (κ1) is 16.4. The third-order valence-corrected chi connectivity index (χ3v) is 4.65. The van der Waals surface area contributed by atoms with Gasteiger partial charge in [-0.2, -0.15) is 0 Å². The van der Waals surface area contributed by atoms with Crippen LogP contribution in [0.15, 0.2) is 41.0 Å². The van der Waals surface area contributed by atoms with Crippen molar-refractivity contribution in [2.45, 2.75) is 13.5 Å². The average Bonchev–Trinajstić information content (AvgIpc) is 3.36. The molecule has 0 saturated carbocycles. The first-order valence-electron chi connectivity index (χ1n) is 8.37. The zero-order valence-electron chi connectivity index (χ0n) is 14.9. The molecule has 0 radical (unpaired) electrons. The van der Waals surface area contributed by atoms with Crippen LogP contribution in [0.3, 0.4) is 0 Å². The van der Waals surface area contributed by atoms with E-state index in [1.54, 1.807) is 24.1 Å². The first-order valence-corrected chi connectivity index (χ1v) is 8.37. The minimum Gasteiger partial charge on any atom is -0.497 e. The minimum absolute atomic E-state index is 0.0267. The van der Waals surface area contributed by atoms with Crippen molar-refractivity contribution in [3.63, 3.8) is 0 Å². The van der Waals surface area contributed by atoms with Crippen LogP contribution >= 0.6 is 0 Å². The van der Waals surface area contributed by atoms with Crippen LogP contribution in [-0.2, 0) is 13.6 Å². The Morgan fingerprint density at radius 2 is 2.12 bits per heavy atom. The highest BCUT2D eigenvalue weighted by atomic mass is 16.5. The maximum absolute atomic E-state index is 9.46. The van der Waals surface area contributed by atoms with Crippen LogP contribution in [0.4, 0.5) is 0 Å². The van der Waals surface area contributed by atoms with Crippen LogP contribution in [0.25, 0.3) is 33.9 Å². The SMILES string of the molecule is COc1ccc2c(c1)c(-c1nc(-c3ccco3)nn1CCO)c(C)n2C. The highest BCUT2D eigenvalue weighted by molar-refractivity contribution is 5.97. The Morgan fingerprint density at radius 3 is 2.81 bits per heavy atom. The number of hydrogen-bond acceptors (Lipinski definition) is 5. The number of aromatic nitrogens is 4. The van der Waals surface area contributed by atoms with E-state index in [4.69, 9.17) is 14.1 Å². The number of hydrogen-bond donors (Lipinski definition) is 1. The Labute approximate surface area is 150 Å². The molecule has 4 rings (SSSR count). The molecule has 0 aliphatic rings. The molecule has 0 atom stereocenters. The molecule has 0 spiro atoms. The Kier molecular flexibility index (Phi) is 4.00. The van der Waals surface area contributed by atoms with Gasteiger partial charge in [0.25, 0.3) is 0 Å². The van der Waals surface area contributed by atoms with Crippen molar-refractivity contribution in [2.75, 3.05) is 13.7 Å². The summed E-state index contributed by atoms with van der Waals surface area (Å²) < 4.78 is 14.7. The van der Waals surface area contributed by atoms with Gasteiger partial charge in [-0.05, 0) is 37.3 Å². The molecule has 0 amide bonds. The Bertz CT molecular complexity index is 1060. The minimum atomic E-state index is -0.0267. The van der Waals surface area contributed by atoms with Crippen LogP contribution in [-0.4, -0.2) is 38.2 Å². The van der Waals surface area contributed by atoms with Crippen molar-refractivity contribution in [2.24, 2.45) is 7.05 Å². The van der Waals surface area contributed by atoms with Gasteiger partial charge in [-0.1, -0.05) is 0 Å². The highest BCUT2D eigenvalue weighted by Gasteiger charge is 2.22. The summed E-state index contributed by atoms with van der Waals surface area (Å²) in [5.41, 5.74) is 3.11. The van der Waals surface area contributed by atoms with E-state index in [0.717, 1.165) is 27.9 Å². The number of fused-ring (bicyclic) bond motifs is 1. The largest absolute Gasteiger partial charge is 0.497 e.